The molecule has 1 amide bonds. The van der Waals surface area contributed by atoms with Crippen molar-refractivity contribution >= 4 is 11.6 Å². The summed E-state index contributed by atoms with van der Waals surface area (Å²) >= 11 is 0. The van der Waals surface area contributed by atoms with E-state index in [0.29, 0.717) is 17.6 Å². The van der Waals surface area contributed by atoms with Gasteiger partial charge in [0, 0.05) is 55.2 Å². The van der Waals surface area contributed by atoms with E-state index in [1.807, 2.05) is 57.6 Å². The zero-order valence-electron chi connectivity index (χ0n) is 20.7. The molecule has 5 rings (SSSR count). The number of anilines is 1. The summed E-state index contributed by atoms with van der Waals surface area (Å²) in [6, 6.07) is 12.6. The van der Waals surface area contributed by atoms with E-state index in [-0.39, 0.29) is 11.9 Å². The van der Waals surface area contributed by atoms with Gasteiger partial charge >= 0.3 is 0 Å². The fourth-order valence-corrected chi connectivity index (χ4v) is 4.95. The smallest absolute Gasteiger partial charge is 0.252 e. The Morgan fingerprint density at radius 3 is 2.63 bits per heavy atom. The highest BCUT2D eigenvalue weighted by molar-refractivity contribution is 5.97. The van der Waals surface area contributed by atoms with Gasteiger partial charge in [0.05, 0.1) is 32.6 Å². The molecule has 8 heteroatoms. The third-order valence-electron chi connectivity index (χ3n) is 6.87. The first-order valence-corrected chi connectivity index (χ1v) is 12.1. The number of fused-ring (bicyclic) bond motifs is 2. The number of hydrogen-bond acceptors (Lipinski definition) is 6. The van der Waals surface area contributed by atoms with Crippen LogP contribution in [0.15, 0.2) is 48.8 Å². The Hall–Kier alpha value is -3.36. The largest absolute Gasteiger partial charge is 0.497 e. The van der Waals surface area contributed by atoms with Crippen LogP contribution in [0.5, 0.6) is 5.75 Å². The zero-order chi connectivity index (χ0) is 24.5. The Morgan fingerprint density at radius 2 is 1.94 bits per heavy atom. The van der Waals surface area contributed by atoms with Gasteiger partial charge < -0.3 is 25.0 Å². The van der Waals surface area contributed by atoms with Crippen LogP contribution in [0.1, 0.15) is 34.5 Å². The highest BCUT2D eigenvalue weighted by Crippen LogP contribution is 2.29. The molecule has 2 N–H and O–H groups in total. The van der Waals surface area contributed by atoms with Crippen molar-refractivity contribution in [2.24, 2.45) is 7.05 Å². The Balaban J connectivity index is 1.35. The number of ether oxygens (including phenoxy) is 2. The van der Waals surface area contributed by atoms with Gasteiger partial charge in [0.2, 0.25) is 0 Å². The van der Waals surface area contributed by atoms with E-state index in [4.69, 9.17) is 9.47 Å². The quantitative estimate of drug-likeness (QED) is 0.570. The molecule has 2 aliphatic rings. The minimum absolute atomic E-state index is 0.0822. The standard InChI is InChI=1S/C27H33N5O3/c1-17-5-6-24(32-13-22-15-35-16-23(14-32)30-22)10-26(17)27(33)29-18(2)19-7-20(9-25(8-19)34-4)21-11-28-31(3)12-21/h5-12,18,22-23,30H,13-16H2,1-4H3,(H,29,33)/t18-,22-,23+/m1/s1. The Kier molecular flexibility index (Phi) is 6.49. The number of aromatic nitrogens is 2. The first-order chi connectivity index (χ1) is 16.9. The number of nitrogens with zero attached hydrogens (tertiary/aromatic N) is 3. The average Bonchev–Trinajstić information content (AvgIpc) is 3.30. The van der Waals surface area contributed by atoms with E-state index in [9.17, 15) is 4.79 Å². The van der Waals surface area contributed by atoms with Crippen molar-refractivity contribution in [2.45, 2.75) is 32.0 Å². The molecule has 184 valence electrons. The summed E-state index contributed by atoms with van der Waals surface area (Å²) in [5, 5.41) is 11.1. The van der Waals surface area contributed by atoms with Gasteiger partial charge in [-0.15, -0.1) is 0 Å². The fraction of sp³-hybridized carbons (Fsp3) is 0.407. The molecule has 2 saturated heterocycles. The van der Waals surface area contributed by atoms with Crippen molar-refractivity contribution in [3.8, 4) is 16.9 Å². The molecule has 8 nitrogen and oxygen atoms in total. The third kappa shape index (κ3) is 5.04. The number of rotatable bonds is 6. The van der Waals surface area contributed by atoms with Crippen LogP contribution in [0.4, 0.5) is 5.69 Å². The molecule has 0 aliphatic carbocycles. The number of carbonyl (C=O) groups is 1. The van der Waals surface area contributed by atoms with Crippen molar-refractivity contribution in [1.82, 2.24) is 20.4 Å². The predicted molar refractivity (Wildman–Crippen MR) is 136 cm³/mol. The van der Waals surface area contributed by atoms with Gasteiger partial charge in [-0.05, 0) is 60.9 Å². The lowest BCUT2D eigenvalue weighted by molar-refractivity contribution is 0.0376. The molecule has 2 aliphatic heterocycles. The number of benzene rings is 2. The molecule has 2 bridgehead atoms. The van der Waals surface area contributed by atoms with Gasteiger partial charge in [-0.3, -0.25) is 9.48 Å². The predicted octanol–water partition coefficient (Wildman–Crippen LogP) is 3.07. The summed E-state index contributed by atoms with van der Waals surface area (Å²) < 4.78 is 13.0. The minimum atomic E-state index is -0.202. The molecule has 0 spiro atoms. The highest BCUT2D eigenvalue weighted by atomic mass is 16.5. The lowest BCUT2D eigenvalue weighted by Crippen LogP contribution is -2.62. The molecule has 3 heterocycles. The topological polar surface area (TPSA) is 80.7 Å². The van der Waals surface area contributed by atoms with Crippen LogP contribution in [0.25, 0.3) is 11.1 Å². The van der Waals surface area contributed by atoms with Crippen molar-refractivity contribution in [3.63, 3.8) is 0 Å². The summed E-state index contributed by atoms with van der Waals surface area (Å²) in [6.45, 7) is 7.18. The van der Waals surface area contributed by atoms with Gasteiger partial charge in [0.15, 0.2) is 0 Å². The first kappa shape index (κ1) is 23.4. The molecule has 3 atom stereocenters. The number of carbonyl (C=O) groups excluding carboxylic acids is 1. The maximum atomic E-state index is 13.4. The van der Waals surface area contributed by atoms with E-state index in [0.717, 1.165) is 60.0 Å². The molecule has 0 radical (unpaired) electrons. The number of piperazine rings is 1. The van der Waals surface area contributed by atoms with Crippen LogP contribution < -0.4 is 20.3 Å². The van der Waals surface area contributed by atoms with Crippen LogP contribution >= 0.6 is 0 Å². The van der Waals surface area contributed by atoms with Crippen LogP contribution in [-0.4, -0.2) is 61.2 Å². The Morgan fingerprint density at radius 1 is 1.17 bits per heavy atom. The molecular weight excluding hydrogens is 442 g/mol. The van der Waals surface area contributed by atoms with Crippen molar-refractivity contribution in [3.05, 3.63) is 65.5 Å². The Bertz CT molecular complexity index is 1210. The molecule has 35 heavy (non-hydrogen) atoms. The van der Waals surface area contributed by atoms with Crippen molar-refractivity contribution < 1.29 is 14.3 Å². The molecule has 2 fully saturated rings. The van der Waals surface area contributed by atoms with Crippen molar-refractivity contribution in [1.29, 1.82) is 0 Å². The fourth-order valence-electron chi connectivity index (χ4n) is 4.95. The van der Waals surface area contributed by atoms with E-state index in [1.165, 1.54) is 0 Å². The van der Waals surface area contributed by atoms with Gasteiger partial charge in [0.25, 0.3) is 5.91 Å². The maximum Gasteiger partial charge on any atom is 0.252 e. The van der Waals surface area contributed by atoms with Crippen molar-refractivity contribution in [2.75, 3.05) is 38.3 Å². The van der Waals surface area contributed by atoms with E-state index in [2.05, 4.69) is 32.8 Å². The monoisotopic (exact) mass is 475 g/mol. The normalized spacial score (nSPS) is 20.4. The second-order valence-electron chi connectivity index (χ2n) is 9.59. The average molecular weight is 476 g/mol. The molecule has 0 saturated carbocycles. The van der Waals surface area contributed by atoms with Crippen LogP contribution in [-0.2, 0) is 11.8 Å². The molecular formula is C27H33N5O3. The molecule has 1 aromatic heterocycles. The molecule has 3 aromatic rings. The minimum Gasteiger partial charge on any atom is -0.497 e. The van der Waals surface area contributed by atoms with Gasteiger partial charge in [-0.2, -0.15) is 5.10 Å². The summed E-state index contributed by atoms with van der Waals surface area (Å²) in [5.41, 5.74) is 5.71. The number of amides is 1. The van der Waals surface area contributed by atoms with E-state index < -0.39 is 0 Å². The van der Waals surface area contributed by atoms with Gasteiger partial charge in [-0.1, -0.05) is 6.07 Å². The molecule has 0 unspecified atom stereocenters. The summed E-state index contributed by atoms with van der Waals surface area (Å²) in [6.07, 6.45) is 3.79. The van der Waals surface area contributed by atoms with Crippen LogP contribution in [0.3, 0.4) is 0 Å². The number of morpholine rings is 1. The lowest BCUT2D eigenvalue weighted by Gasteiger charge is -2.43. The maximum absolute atomic E-state index is 13.4. The van der Waals surface area contributed by atoms with E-state index >= 15 is 0 Å². The van der Waals surface area contributed by atoms with Gasteiger partial charge in [0.1, 0.15) is 5.75 Å². The SMILES string of the molecule is COc1cc(-c2cnn(C)c2)cc([C@@H](C)NC(=O)c2cc(N3C[C@H]4COC[C@@H](C3)N4)ccc2C)c1. The third-order valence-corrected chi connectivity index (χ3v) is 6.87. The Labute approximate surface area is 206 Å². The number of hydrogen-bond donors (Lipinski definition) is 2. The summed E-state index contributed by atoms with van der Waals surface area (Å²) in [7, 11) is 3.55. The number of nitrogens with one attached hydrogen (secondary N) is 2. The van der Waals surface area contributed by atoms with Crippen LogP contribution in [0, 0.1) is 6.92 Å². The van der Waals surface area contributed by atoms with Gasteiger partial charge in [-0.25, -0.2) is 0 Å². The first-order valence-electron chi connectivity index (χ1n) is 12.1. The lowest BCUT2D eigenvalue weighted by atomic mass is 10.00. The second-order valence-corrected chi connectivity index (χ2v) is 9.59. The number of aryl methyl sites for hydroxylation is 2. The molecule has 2 aromatic carbocycles. The second kappa shape index (κ2) is 9.71. The zero-order valence-corrected chi connectivity index (χ0v) is 20.7. The summed E-state index contributed by atoms with van der Waals surface area (Å²) in [4.78, 5) is 15.7. The summed E-state index contributed by atoms with van der Waals surface area (Å²) in [5.74, 6) is 0.662. The van der Waals surface area contributed by atoms with E-state index in [1.54, 1.807) is 11.8 Å². The van der Waals surface area contributed by atoms with Crippen LogP contribution in [0.2, 0.25) is 0 Å². The number of methoxy groups -OCH3 is 1. The highest BCUT2D eigenvalue weighted by Gasteiger charge is 2.31.